The van der Waals surface area contributed by atoms with Gasteiger partial charge in [-0.15, -0.1) is 0 Å². The van der Waals surface area contributed by atoms with Gasteiger partial charge in [0.15, 0.2) is 0 Å². The third-order valence-electron chi connectivity index (χ3n) is 2.53. The molecule has 0 fully saturated rings. The number of imide groups is 1. The third kappa shape index (κ3) is 4.43. The van der Waals surface area contributed by atoms with Crippen molar-refractivity contribution in [3.63, 3.8) is 0 Å². The first kappa shape index (κ1) is 17.2. The molecule has 1 aliphatic heterocycles. The molecule has 3 rings (SSSR count). The van der Waals surface area contributed by atoms with Crippen LogP contribution in [0.5, 0.6) is 0 Å². The summed E-state index contributed by atoms with van der Waals surface area (Å²) in [5.41, 5.74) is 0. The van der Waals surface area contributed by atoms with Crippen LogP contribution in [0.2, 0.25) is 0 Å². The number of nitrogens with zero attached hydrogens (tertiary/aromatic N) is 2. The first-order valence-corrected chi connectivity index (χ1v) is 8.65. The lowest BCUT2D eigenvalue weighted by Crippen LogP contribution is -2.22. The number of nitrogens with one attached hydrogen (secondary N) is 1. The molecule has 3 heterocycles. The molecule has 1 N–H and O–H groups in total. The Kier molecular flexibility index (Phi) is 6.37. The van der Waals surface area contributed by atoms with Crippen LogP contribution in [-0.4, -0.2) is 21.8 Å². The molecule has 23 heavy (non-hydrogen) atoms. The lowest BCUT2D eigenvalue weighted by atomic mass is 10.5. The van der Waals surface area contributed by atoms with Gasteiger partial charge in [-0.25, -0.2) is 9.97 Å². The quantitative estimate of drug-likeness (QED) is 0.858. The van der Waals surface area contributed by atoms with E-state index in [1.807, 2.05) is 26.0 Å². The molecular weight excluding hydrogens is 330 g/mol. The van der Waals surface area contributed by atoms with Gasteiger partial charge in [0.05, 0.1) is 9.81 Å². The van der Waals surface area contributed by atoms with Crippen molar-refractivity contribution < 1.29 is 9.59 Å². The summed E-state index contributed by atoms with van der Waals surface area (Å²) in [5, 5.41) is 3.64. The Morgan fingerprint density at radius 2 is 1.22 bits per heavy atom. The summed E-state index contributed by atoms with van der Waals surface area (Å²) in [4.78, 5) is 32.9. The van der Waals surface area contributed by atoms with Gasteiger partial charge < -0.3 is 0 Å². The summed E-state index contributed by atoms with van der Waals surface area (Å²) in [5.74, 6) is -0.789. The molecule has 0 aliphatic carbocycles. The van der Waals surface area contributed by atoms with Gasteiger partial charge >= 0.3 is 0 Å². The van der Waals surface area contributed by atoms with E-state index >= 15 is 0 Å². The molecule has 0 spiro atoms. The highest BCUT2D eigenvalue weighted by atomic mass is 32.2. The zero-order valence-electron chi connectivity index (χ0n) is 12.6. The minimum absolute atomic E-state index is 0.356. The standard InChI is InChI=1S/C14H9N3O2S2.C2H6/c18-13-11(20-9-5-1-3-7-15-9)12(14(19)17-13)21-10-6-2-4-8-16-10;1-2/h1-8H,(H,17,18,19);1-2H3. The Morgan fingerprint density at radius 3 is 1.57 bits per heavy atom. The van der Waals surface area contributed by atoms with E-state index in [1.165, 1.54) is 23.5 Å². The second kappa shape index (κ2) is 8.50. The van der Waals surface area contributed by atoms with Crippen molar-refractivity contribution in [2.75, 3.05) is 0 Å². The van der Waals surface area contributed by atoms with Crippen molar-refractivity contribution >= 4 is 35.3 Å². The number of amides is 2. The number of aromatic nitrogens is 2. The van der Waals surface area contributed by atoms with Gasteiger partial charge in [0, 0.05) is 12.4 Å². The minimum atomic E-state index is -0.394. The van der Waals surface area contributed by atoms with Gasteiger partial charge in [0.1, 0.15) is 10.1 Å². The second-order valence-corrected chi connectivity index (χ2v) is 6.04. The average Bonchev–Trinajstić information content (AvgIpc) is 2.86. The predicted molar refractivity (Wildman–Crippen MR) is 91.7 cm³/mol. The van der Waals surface area contributed by atoms with Gasteiger partial charge in [-0.3, -0.25) is 14.9 Å². The molecule has 0 unspecified atom stereocenters. The highest BCUT2D eigenvalue weighted by molar-refractivity contribution is 8.08. The number of carbonyl (C=O) groups is 2. The Balaban J connectivity index is 0.000000924. The molecule has 2 aromatic rings. The van der Waals surface area contributed by atoms with Crippen molar-refractivity contribution in [2.24, 2.45) is 0 Å². The zero-order chi connectivity index (χ0) is 16.7. The van der Waals surface area contributed by atoms with E-state index in [9.17, 15) is 9.59 Å². The summed E-state index contributed by atoms with van der Waals surface area (Å²) in [7, 11) is 0. The number of pyridine rings is 2. The van der Waals surface area contributed by atoms with Crippen LogP contribution in [0.15, 0.2) is 68.7 Å². The van der Waals surface area contributed by atoms with Crippen molar-refractivity contribution in [1.82, 2.24) is 15.3 Å². The summed E-state index contributed by atoms with van der Waals surface area (Å²) >= 11 is 2.35. The molecule has 0 aromatic carbocycles. The first-order chi connectivity index (χ1) is 11.2. The zero-order valence-corrected chi connectivity index (χ0v) is 14.3. The monoisotopic (exact) mass is 345 g/mol. The fourth-order valence-corrected chi connectivity index (χ4v) is 3.48. The van der Waals surface area contributed by atoms with E-state index in [1.54, 1.807) is 36.7 Å². The average molecular weight is 345 g/mol. The van der Waals surface area contributed by atoms with Crippen LogP contribution >= 0.6 is 23.5 Å². The molecule has 0 bridgehead atoms. The molecule has 7 heteroatoms. The Hall–Kier alpha value is -2.12. The van der Waals surface area contributed by atoms with Gasteiger partial charge in [0.25, 0.3) is 11.8 Å². The van der Waals surface area contributed by atoms with Crippen LogP contribution in [0.3, 0.4) is 0 Å². The van der Waals surface area contributed by atoms with Crippen LogP contribution in [-0.2, 0) is 9.59 Å². The number of hydrogen-bond donors (Lipinski definition) is 1. The van der Waals surface area contributed by atoms with Gasteiger partial charge in [-0.05, 0) is 24.3 Å². The van der Waals surface area contributed by atoms with E-state index < -0.39 is 11.8 Å². The van der Waals surface area contributed by atoms with E-state index in [4.69, 9.17) is 0 Å². The maximum absolute atomic E-state index is 11.9. The van der Waals surface area contributed by atoms with E-state index in [0.717, 1.165) is 0 Å². The summed E-state index contributed by atoms with van der Waals surface area (Å²) < 4.78 is 0. The summed E-state index contributed by atoms with van der Waals surface area (Å²) in [6.07, 6.45) is 3.28. The van der Waals surface area contributed by atoms with Crippen molar-refractivity contribution in [2.45, 2.75) is 23.9 Å². The molecule has 118 valence electrons. The maximum atomic E-state index is 11.9. The molecular formula is C16H15N3O2S2. The fraction of sp³-hybridized carbons (Fsp3) is 0.125. The van der Waals surface area contributed by atoms with Crippen molar-refractivity contribution in [3.8, 4) is 0 Å². The number of hydrogen-bond acceptors (Lipinski definition) is 6. The lowest BCUT2D eigenvalue weighted by Gasteiger charge is -2.02. The molecule has 0 atom stereocenters. The van der Waals surface area contributed by atoms with Crippen LogP contribution < -0.4 is 5.32 Å². The highest BCUT2D eigenvalue weighted by Gasteiger charge is 2.32. The Morgan fingerprint density at radius 1 is 0.783 bits per heavy atom. The van der Waals surface area contributed by atoms with E-state index in [2.05, 4.69) is 15.3 Å². The molecule has 0 radical (unpaired) electrons. The number of rotatable bonds is 4. The van der Waals surface area contributed by atoms with Crippen molar-refractivity contribution in [3.05, 3.63) is 58.6 Å². The van der Waals surface area contributed by atoms with Crippen LogP contribution in [0, 0.1) is 0 Å². The molecule has 0 saturated heterocycles. The van der Waals surface area contributed by atoms with Crippen LogP contribution in [0.25, 0.3) is 0 Å². The Labute approximate surface area is 143 Å². The first-order valence-electron chi connectivity index (χ1n) is 7.02. The Bertz CT molecular complexity index is 657. The third-order valence-corrected chi connectivity index (χ3v) is 4.75. The molecule has 5 nitrogen and oxygen atoms in total. The predicted octanol–water partition coefficient (Wildman–Crippen LogP) is 3.26. The normalized spacial score (nSPS) is 13.5. The minimum Gasteiger partial charge on any atom is -0.287 e. The van der Waals surface area contributed by atoms with E-state index in [-0.39, 0.29) is 0 Å². The molecule has 1 aliphatic rings. The smallest absolute Gasteiger partial charge is 0.266 e. The highest BCUT2D eigenvalue weighted by Crippen LogP contribution is 2.38. The number of carbonyl (C=O) groups excluding carboxylic acids is 2. The van der Waals surface area contributed by atoms with Crippen molar-refractivity contribution in [1.29, 1.82) is 0 Å². The van der Waals surface area contributed by atoms with Gasteiger partial charge in [-0.2, -0.15) is 0 Å². The summed E-state index contributed by atoms with van der Waals surface area (Å²) in [6.45, 7) is 4.00. The largest absolute Gasteiger partial charge is 0.287 e. The molecule has 2 aromatic heterocycles. The maximum Gasteiger partial charge on any atom is 0.266 e. The summed E-state index contributed by atoms with van der Waals surface area (Å²) in [6, 6.07) is 10.8. The SMILES string of the molecule is CC.O=C1NC(=O)C(Sc2ccccn2)=C1Sc1ccccn1. The second-order valence-electron chi connectivity index (χ2n) is 3.98. The number of thioether (sulfide) groups is 2. The van der Waals surface area contributed by atoms with Crippen LogP contribution in [0.4, 0.5) is 0 Å². The van der Waals surface area contributed by atoms with Gasteiger partial charge in [0.2, 0.25) is 0 Å². The van der Waals surface area contributed by atoms with Gasteiger partial charge in [-0.1, -0.05) is 49.5 Å². The van der Waals surface area contributed by atoms with E-state index in [0.29, 0.717) is 19.9 Å². The lowest BCUT2D eigenvalue weighted by molar-refractivity contribution is -0.123. The molecule has 2 amide bonds. The van der Waals surface area contributed by atoms with Crippen LogP contribution in [0.1, 0.15) is 13.8 Å². The molecule has 0 saturated carbocycles. The fourth-order valence-electron chi connectivity index (χ4n) is 1.63. The topological polar surface area (TPSA) is 72.0 Å².